The lowest BCUT2D eigenvalue weighted by molar-refractivity contribution is -0.111. The van der Waals surface area contributed by atoms with Crippen LogP contribution in [0.4, 0.5) is 65.9 Å². The van der Waals surface area contributed by atoms with E-state index in [1.54, 1.807) is 0 Å². The average molecular weight is 1540 g/mol. The minimum atomic E-state index is -7.22. The fourth-order valence-corrected chi connectivity index (χ4v) is 11.9. The smallest absolute Gasteiger partial charge is 0.507 e. The van der Waals surface area contributed by atoms with Crippen molar-refractivity contribution in [3.8, 4) is 85.5 Å². The summed E-state index contributed by atoms with van der Waals surface area (Å²) in [7, 11) is -32.4. The molecular weight excluding hydrogens is 1500 g/mol. The number of carbonyl (C=O) groups is 4. The van der Waals surface area contributed by atoms with E-state index in [0.29, 0.717) is 46.3 Å². The van der Waals surface area contributed by atoms with Gasteiger partial charge < -0.3 is 60.3 Å². The molecule has 2 aliphatic rings. The molecule has 6 aromatic rings. The van der Waals surface area contributed by atoms with Crippen LogP contribution in [-0.4, -0.2) is 142 Å². The Balaban J connectivity index is 0.000000356. The molecule has 27 nitrogen and oxygen atoms in total. The van der Waals surface area contributed by atoms with E-state index in [2.05, 4.69) is 20.9 Å². The normalized spacial score (nSPS) is 14.3. The van der Waals surface area contributed by atoms with Crippen molar-refractivity contribution in [3.05, 3.63) is 87.5 Å². The van der Waals surface area contributed by atoms with Crippen LogP contribution in [0.25, 0.3) is 55.3 Å². The Hall–Kier alpha value is -9.90. The molecule has 4 N–H and O–H groups in total. The highest BCUT2D eigenvalue weighted by Crippen LogP contribution is 2.59. The second kappa shape index (κ2) is 25.1. The van der Waals surface area contributed by atoms with Crippen LogP contribution in [0.2, 0.25) is 0 Å². The molecular formula is C52H33F15O27S5. The van der Waals surface area contributed by atoms with Crippen molar-refractivity contribution in [1.29, 1.82) is 0 Å². The summed E-state index contributed by atoms with van der Waals surface area (Å²) in [4.78, 5) is 48.8. The Morgan fingerprint density at radius 3 is 0.869 bits per heavy atom. The lowest BCUT2D eigenvalue weighted by Crippen LogP contribution is -2.29. The third-order valence-electron chi connectivity index (χ3n) is 13.4. The van der Waals surface area contributed by atoms with E-state index in [1.165, 1.54) is 14.2 Å². The van der Waals surface area contributed by atoms with E-state index in [1.807, 2.05) is 0 Å². The summed E-state index contributed by atoms with van der Waals surface area (Å²) >= 11 is 0. The molecule has 0 radical (unpaired) electrons. The number of phenolic OH excluding ortho intramolecular Hbond substituents is 2. The number of fused-ring (bicyclic) bond motifs is 4. The zero-order valence-corrected chi connectivity index (χ0v) is 53.1. The summed E-state index contributed by atoms with van der Waals surface area (Å²) < 4.78 is 372. The molecule has 0 unspecified atom stereocenters. The molecule has 2 aliphatic carbocycles. The maximum Gasteiger partial charge on any atom is 0.534 e. The number of ketones is 4. The third-order valence-corrected chi connectivity index (χ3v) is 18.2. The zero-order valence-electron chi connectivity index (χ0n) is 49.0. The van der Waals surface area contributed by atoms with Crippen molar-refractivity contribution in [3.63, 3.8) is 0 Å². The number of aryl methyl sites for hydroxylation is 3. The standard InChI is InChI=1S/C30H19F15O17S5.C22H14O10/c1-10-6-11(2)24(61-66(52,53)29(40,41)42)22-16(59-64(48,49)27(34,35)36)8-13(56-4)19(18(10)22)20-14(57-5)9-17(60-65(50,51)28(37,38)39)23-21(20)15(58-63(46,47)26(31,32)33)7-12(3)25(23)62-67(54,55)30(43,44)45;1-31-13-5-9(25)17-15(7(23)3-11(27)21(17)29)19(13)20-14(32-2)6-10(26)18-16(20)8(24)4-12(28)22(18)30/h6-9H,1-5H3;3-6,23-26H,1-2H3. The van der Waals surface area contributed by atoms with Gasteiger partial charge in [0.15, 0.2) is 28.7 Å². The molecule has 0 atom stereocenters. The molecule has 538 valence electrons. The maximum atomic E-state index is 13.9. The Bertz CT molecular complexity index is 5110. The van der Waals surface area contributed by atoms with E-state index in [4.69, 9.17) is 18.9 Å². The van der Waals surface area contributed by atoms with Crippen LogP contribution < -0.4 is 39.9 Å². The fourth-order valence-electron chi connectivity index (χ4n) is 9.44. The molecule has 0 saturated heterocycles. The topological polar surface area (TPSA) is 403 Å². The van der Waals surface area contributed by atoms with Gasteiger partial charge in [0.2, 0.25) is 23.1 Å². The molecule has 0 bridgehead atoms. The molecule has 99 heavy (non-hydrogen) atoms. The molecule has 47 heteroatoms. The number of carbonyl (C=O) groups excluding carboxylic acids is 4. The van der Waals surface area contributed by atoms with Crippen LogP contribution in [0, 0.1) is 20.8 Å². The largest absolute Gasteiger partial charge is 0.534 e. The predicted molar refractivity (Wildman–Crippen MR) is 300 cm³/mol. The van der Waals surface area contributed by atoms with Crippen molar-refractivity contribution < 1.29 is 187 Å². The van der Waals surface area contributed by atoms with Gasteiger partial charge in [0.05, 0.1) is 50.3 Å². The first-order valence-corrected chi connectivity index (χ1v) is 32.2. The van der Waals surface area contributed by atoms with Gasteiger partial charge in [-0.05, 0) is 43.5 Å². The molecule has 0 amide bonds. The second-order valence-corrected chi connectivity index (χ2v) is 27.3. The van der Waals surface area contributed by atoms with Crippen molar-refractivity contribution in [2.45, 2.75) is 48.3 Å². The minimum absolute atomic E-state index is 0.0938. The highest BCUT2D eigenvalue weighted by Gasteiger charge is 2.54. The Morgan fingerprint density at radius 1 is 0.303 bits per heavy atom. The molecule has 0 aliphatic heterocycles. The van der Waals surface area contributed by atoms with Gasteiger partial charge in [0.25, 0.3) is 0 Å². The van der Waals surface area contributed by atoms with Gasteiger partial charge in [-0.25, -0.2) is 0 Å². The number of Topliss-reactive ketones (excluding diaryl/α,β-unsaturated/α-hetero) is 2. The molecule has 0 heterocycles. The Morgan fingerprint density at radius 2 is 0.566 bits per heavy atom. The first kappa shape index (κ1) is 76.5. The van der Waals surface area contributed by atoms with Crippen LogP contribution in [0.5, 0.6) is 63.2 Å². The van der Waals surface area contributed by atoms with Gasteiger partial charge in [-0.2, -0.15) is 108 Å². The SMILES string of the molecule is COc1cc(O)c2c(c1-c1c(OC)cc(O)c3c1C(O)=CC(=O)C3=O)C(O)=CC(=O)C2=O.COc1cc(OS(=O)(=O)C(F)(F)F)c2c(OS(=O)(=O)C(F)(F)F)c(C)cc(C)c2c1-c1c(OC)cc(OS(=O)(=O)C(F)(F)F)c2c(OS(=O)(=O)C(F)(F)F)c(C)cc(OS(=O)(=O)C(F)(F)F)c12. The molecule has 6 aromatic carbocycles. The summed E-state index contributed by atoms with van der Waals surface area (Å²) in [5, 5.41) is 34.8. The number of aliphatic hydroxyl groups excluding tert-OH is 2. The number of aromatic hydroxyl groups is 2. The van der Waals surface area contributed by atoms with Gasteiger partial charge >= 0.3 is 78.1 Å². The summed E-state index contributed by atoms with van der Waals surface area (Å²) in [6.07, 6.45) is 1.30. The van der Waals surface area contributed by atoms with Gasteiger partial charge in [0, 0.05) is 80.6 Å². The molecule has 0 saturated carbocycles. The molecule has 0 fully saturated rings. The van der Waals surface area contributed by atoms with Crippen LogP contribution in [0.1, 0.15) is 48.5 Å². The van der Waals surface area contributed by atoms with E-state index in [-0.39, 0.29) is 52.0 Å². The van der Waals surface area contributed by atoms with E-state index < -0.39 is 225 Å². The lowest BCUT2D eigenvalue weighted by atomic mass is 9.81. The number of benzene rings is 6. The summed E-state index contributed by atoms with van der Waals surface area (Å²) in [5.74, 6) is -20.3. The number of hydrogen-bond acceptors (Lipinski definition) is 27. The second-order valence-electron chi connectivity index (χ2n) is 19.6. The zero-order chi connectivity index (χ0) is 75.5. The molecule has 8 rings (SSSR count). The van der Waals surface area contributed by atoms with Crippen LogP contribution in [0.3, 0.4) is 0 Å². The van der Waals surface area contributed by atoms with E-state index in [9.17, 15) is 148 Å². The number of halogens is 15. The number of rotatable bonds is 16. The highest BCUT2D eigenvalue weighted by atomic mass is 32.2. The van der Waals surface area contributed by atoms with Crippen molar-refractivity contribution in [2.24, 2.45) is 0 Å². The number of ether oxygens (including phenoxy) is 4. The average Bonchev–Trinajstić information content (AvgIpc) is 0.719. The van der Waals surface area contributed by atoms with Crippen molar-refractivity contribution >= 4 is 107 Å². The van der Waals surface area contributed by atoms with Crippen LogP contribution >= 0.6 is 0 Å². The Kier molecular flexibility index (Phi) is 19.4. The quantitative estimate of drug-likeness (QED) is 0.0303. The number of aliphatic hydroxyl groups is 2. The first-order chi connectivity index (χ1) is 44.9. The first-order valence-electron chi connectivity index (χ1n) is 25.2. The number of phenols is 2. The van der Waals surface area contributed by atoms with Gasteiger partial charge in [-0.1, -0.05) is 6.07 Å². The summed E-state index contributed by atoms with van der Waals surface area (Å²) in [6.45, 7) is 1.76. The van der Waals surface area contributed by atoms with Crippen LogP contribution in [0.15, 0.2) is 48.6 Å². The Labute approximate surface area is 541 Å². The number of hydrogen-bond donors (Lipinski definition) is 4. The minimum Gasteiger partial charge on any atom is -0.507 e. The lowest BCUT2D eigenvalue weighted by Gasteiger charge is -2.25. The highest BCUT2D eigenvalue weighted by molar-refractivity contribution is 7.89. The van der Waals surface area contributed by atoms with Crippen molar-refractivity contribution in [2.75, 3.05) is 28.4 Å². The van der Waals surface area contributed by atoms with Gasteiger partial charge in [-0.3, -0.25) is 19.2 Å². The number of methoxy groups -OCH3 is 4. The van der Waals surface area contributed by atoms with E-state index >= 15 is 0 Å². The number of alkyl halides is 15. The third kappa shape index (κ3) is 13.5. The predicted octanol–water partition coefficient (Wildman–Crippen LogP) is 9.86. The van der Waals surface area contributed by atoms with Crippen LogP contribution in [-0.2, 0) is 60.2 Å². The van der Waals surface area contributed by atoms with E-state index in [0.717, 1.165) is 19.1 Å². The maximum absolute atomic E-state index is 13.9. The summed E-state index contributed by atoms with van der Waals surface area (Å²) in [6, 6.07) is 2.16. The fraction of sp³-hybridized carbons (Fsp3) is 0.231. The molecule has 0 spiro atoms. The molecule has 0 aromatic heterocycles. The van der Waals surface area contributed by atoms with Gasteiger partial charge in [0.1, 0.15) is 46.0 Å². The summed E-state index contributed by atoms with van der Waals surface area (Å²) in [5.41, 5.74) is -40.5. The van der Waals surface area contributed by atoms with Gasteiger partial charge in [-0.15, -0.1) is 0 Å². The monoisotopic (exact) mass is 1530 g/mol. The van der Waals surface area contributed by atoms with Crippen molar-refractivity contribution in [1.82, 2.24) is 0 Å². The number of allylic oxidation sites excluding steroid dienone is 2.